The summed E-state index contributed by atoms with van der Waals surface area (Å²) in [4.78, 5) is 24.8. The van der Waals surface area contributed by atoms with Crippen molar-refractivity contribution in [1.82, 2.24) is 10.2 Å². The van der Waals surface area contributed by atoms with Crippen molar-refractivity contribution in [3.63, 3.8) is 0 Å². The van der Waals surface area contributed by atoms with E-state index >= 15 is 0 Å². The minimum Gasteiger partial charge on any atom is -0.481 e. The smallest absolute Gasteiger partial charge is 0.317 e. The molecule has 0 radical (unpaired) electrons. The molecule has 5 nitrogen and oxygen atoms in total. The molecule has 0 aromatic carbocycles. The van der Waals surface area contributed by atoms with Gasteiger partial charge in [0.1, 0.15) is 0 Å². The van der Waals surface area contributed by atoms with Crippen LogP contribution in [0.5, 0.6) is 0 Å². The lowest BCUT2D eigenvalue weighted by molar-refractivity contribution is -0.143. The molecule has 1 aliphatic heterocycles. The summed E-state index contributed by atoms with van der Waals surface area (Å²) in [6.07, 6.45) is 0.634. The van der Waals surface area contributed by atoms with Gasteiger partial charge in [-0.25, -0.2) is 4.79 Å². The van der Waals surface area contributed by atoms with Gasteiger partial charge in [0.05, 0.1) is 9.70 Å². The van der Waals surface area contributed by atoms with Crippen LogP contribution in [0.1, 0.15) is 18.9 Å². The molecule has 7 heteroatoms. The number of carbonyl (C=O) groups excluding carboxylic acids is 1. The number of nitrogens with zero attached hydrogens (tertiary/aromatic N) is 1. The molecule has 0 saturated carbocycles. The van der Waals surface area contributed by atoms with Gasteiger partial charge in [-0.2, -0.15) is 0 Å². The van der Waals surface area contributed by atoms with Gasteiger partial charge in [0, 0.05) is 19.6 Å². The zero-order chi connectivity index (χ0) is 14.7. The molecule has 1 aromatic rings. The number of carboxylic acids is 1. The van der Waals surface area contributed by atoms with E-state index in [0.29, 0.717) is 19.5 Å². The topological polar surface area (TPSA) is 69.6 Å². The van der Waals surface area contributed by atoms with E-state index in [4.69, 9.17) is 5.11 Å². The van der Waals surface area contributed by atoms with Gasteiger partial charge in [-0.15, -0.1) is 11.3 Å². The second-order valence-electron chi connectivity index (χ2n) is 5.16. The van der Waals surface area contributed by atoms with E-state index in [9.17, 15) is 9.59 Å². The van der Waals surface area contributed by atoms with Crippen LogP contribution in [-0.2, 0) is 11.3 Å². The van der Waals surface area contributed by atoms with Gasteiger partial charge in [-0.05, 0) is 45.3 Å². The molecule has 2 rings (SSSR count). The summed E-state index contributed by atoms with van der Waals surface area (Å²) in [5.41, 5.74) is 1.03. The molecule has 0 bridgehead atoms. The van der Waals surface area contributed by atoms with Gasteiger partial charge in [0.25, 0.3) is 0 Å². The lowest BCUT2D eigenvalue weighted by Gasteiger charge is -2.34. The number of carbonyl (C=O) groups is 2. The number of hydrogen-bond donors (Lipinski definition) is 2. The van der Waals surface area contributed by atoms with E-state index in [1.54, 1.807) is 16.2 Å². The average Bonchev–Trinajstić information content (AvgIpc) is 2.80. The van der Waals surface area contributed by atoms with Crippen molar-refractivity contribution in [2.45, 2.75) is 19.9 Å². The van der Waals surface area contributed by atoms with Crippen LogP contribution < -0.4 is 5.32 Å². The van der Waals surface area contributed by atoms with E-state index < -0.39 is 11.9 Å². The standard InChI is InChI=1S/C13H17BrN2O3S/c1-8-4-10(12(17)18)7-16(6-8)13(19)15-5-9-2-3-20-11(9)14/h2-3,8,10H,4-7H2,1H3,(H,15,19)(H,17,18). The van der Waals surface area contributed by atoms with Gasteiger partial charge in [0.2, 0.25) is 0 Å². The molecule has 1 aliphatic rings. The van der Waals surface area contributed by atoms with Crippen LogP contribution in [0.3, 0.4) is 0 Å². The van der Waals surface area contributed by atoms with Gasteiger partial charge >= 0.3 is 12.0 Å². The van der Waals surface area contributed by atoms with Crippen LogP contribution in [0.25, 0.3) is 0 Å². The number of hydrogen-bond acceptors (Lipinski definition) is 3. The fourth-order valence-electron chi connectivity index (χ4n) is 2.42. The number of nitrogens with one attached hydrogen (secondary N) is 1. The van der Waals surface area contributed by atoms with E-state index in [-0.39, 0.29) is 18.5 Å². The van der Waals surface area contributed by atoms with Gasteiger partial charge in [-0.3, -0.25) is 4.79 Å². The molecule has 2 atom stereocenters. The molecule has 1 saturated heterocycles. The summed E-state index contributed by atoms with van der Waals surface area (Å²) < 4.78 is 1.01. The fourth-order valence-corrected chi connectivity index (χ4v) is 3.66. The Labute approximate surface area is 130 Å². The summed E-state index contributed by atoms with van der Waals surface area (Å²) in [7, 11) is 0. The SMILES string of the molecule is CC1CC(C(=O)O)CN(C(=O)NCc2ccsc2Br)C1. The summed E-state index contributed by atoms with van der Waals surface area (Å²) in [5, 5.41) is 13.9. The van der Waals surface area contributed by atoms with Crippen LogP contribution >= 0.6 is 27.3 Å². The van der Waals surface area contributed by atoms with E-state index in [2.05, 4.69) is 21.2 Å². The molecule has 0 spiro atoms. The minimum atomic E-state index is -0.824. The van der Waals surface area contributed by atoms with E-state index in [0.717, 1.165) is 9.35 Å². The summed E-state index contributed by atoms with van der Waals surface area (Å²) in [6.45, 7) is 3.33. The minimum absolute atomic E-state index is 0.194. The zero-order valence-electron chi connectivity index (χ0n) is 11.1. The third-order valence-corrected chi connectivity index (χ3v) is 5.23. The summed E-state index contributed by atoms with van der Waals surface area (Å²) in [6, 6.07) is 1.76. The molecule has 2 N–H and O–H groups in total. The predicted molar refractivity (Wildman–Crippen MR) is 80.7 cm³/mol. The molecule has 2 amide bonds. The Morgan fingerprint density at radius 2 is 2.30 bits per heavy atom. The quantitative estimate of drug-likeness (QED) is 0.870. The van der Waals surface area contributed by atoms with Crippen LogP contribution in [0, 0.1) is 11.8 Å². The van der Waals surface area contributed by atoms with Gasteiger partial charge in [0.15, 0.2) is 0 Å². The molecule has 0 aliphatic carbocycles. The normalized spacial score (nSPS) is 22.6. The van der Waals surface area contributed by atoms with Crippen molar-refractivity contribution < 1.29 is 14.7 Å². The van der Waals surface area contributed by atoms with Crippen LogP contribution in [-0.4, -0.2) is 35.1 Å². The second-order valence-corrected chi connectivity index (χ2v) is 7.39. The first kappa shape index (κ1) is 15.3. The highest BCUT2D eigenvalue weighted by Crippen LogP contribution is 2.24. The number of piperidine rings is 1. The fraction of sp³-hybridized carbons (Fsp3) is 0.538. The number of rotatable bonds is 3. The number of amides is 2. The van der Waals surface area contributed by atoms with Crippen LogP contribution in [0.15, 0.2) is 15.2 Å². The first-order chi connectivity index (χ1) is 9.47. The van der Waals surface area contributed by atoms with Crippen molar-refractivity contribution in [2.24, 2.45) is 11.8 Å². The first-order valence-electron chi connectivity index (χ1n) is 6.44. The number of thiophene rings is 1. The number of likely N-dealkylation sites (tertiary alicyclic amines) is 1. The second kappa shape index (κ2) is 6.58. The van der Waals surface area contributed by atoms with E-state index in [1.807, 2.05) is 18.4 Å². The molecular formula is C13H17BrN2O3S. The zero-order valence-corrected chi connectivity index (χ0v) is 13.5. The number of carboxylic acid groups (broad SMARTS) is 1. The molecule has 1 fully saturated rings. The number of urea groups is 1. The Balaban J connectivity index is 1.91. The number of aliphatic carboxylic acids is 1. The lowest BCUT2D eigenvalue weighted by Crippen LogP contribution is -2.49. The van der Waals surface area contributed by atoms with Crippen molar-refractivity contribution in [3.8, 4) is 0 Å². The maximum Gasteiger partial charge on any atom is 0.317 e. The Kier molecular flexibility index (Phi) is 5.04. The van der Waals surface area contributed by atoms with Crippen molar-refractivity contribution >= 4 is 39.3 Å². The molecule has 2 unspecified atom stereocenters. The highest BCUT2D eigenvalue weighted by Gasteiger charge is 2.31. The molecule has 2 heterocycles. The first-order valence-corrected chi connectivity index (χ1v) is 8.12. The van der Waals surface area contributed by atoms with E-state index in [1.165, 1.54) is 0 Å². The van der Waals surface area contributed by atoms with Crippen molar-refractivity contribution in [2.75, 3.05) is 13.1 Å². The monoisotopic (exact) mass is 360 g/mol. The lowest BCUT2D eigenvalue weighted by atomic mass is 9.91. The van der Waals surface area contributed by atoms with Crippen LogP contribution in [0.2, 0.25) is 0 Å². The molecule has 1 aromatic heterocycles. The van der Waals surface area contributed by atoms with Gasteiger partial charge in [-0.1, -0.05) is 6.92 Å². The highest BCUT2D eigenvalue weighted by molar-refractivity contribution is 9.11. The Morgan fingerprint density at radius 1 is 1.55 bits per heavy atom. The largest absolute Gasteiger partial charge is 0.481 e. The van der Waals surface area contributed by atoms with Crippen molar-refractivity contribution in [1.29, 1.82) is 0 Å². The maximum absolute atomic E-state index is 12.1. The molecule has 20 heavy (non-hydrogen) atoms. The highest BCUT2D eigenvalue weighted by atomic mass is 79.9. The van der Waals surface area contributed by atoms with Gasteiger partial charge < -0.3 is 15.3 Å². The Hall–Kier alpha value is -1.08. The summed E-state index contributed by atoms with van der Waals surface area (Å²) >= 11 is 5.00. The number of halogens is 1. The summed E-state index contributed by atoms with van der Waals surface area (Å²) in [5.74, 6) is -1.07. The third kappa shape index (κ3) is 3.73. The molecule has 110 valence electrons. The van der Waals surface area contributed by atoms with Crippen LogP contribution in [0.4, 0.5) is 4.79 Å². The molecular weight excluding hydrogens is 344 g/mol. The predicted octanol–water partition coefficient (Wildman–Crippen LogP) is 2.76. The third-order valence-electron chi connectivity index (χ3n) is 3.42. The maximum atomic E-state index is 12.1. The Morgan fingerprint density at radius 3 is 2.90 bits per heavy atom. The van der Waals surface area contributed by atoms with Crippen molar-refractivity contribution in [3.05, 3.63) is 20.8 Å². The Bertz CT molecular complexity index is 506. The average molecular weight is 361 g/mol.